The molecule has 0 bridgehead atoms. The summed E-state index contributed by atoms with van der Waals surface area (Å²) in [5.41, 5.74) is 7.29. The average molecular weight is 234 g/mol. The normalized spacial score (nSPS) is 19.6. The zero-order chi connectivity index (χ0) is 12.1. The molecular weight excluding hydrogens is 212 g/mol. The lowest BCUT2D eigenvalue weighted by molar-refractivity contribution is 0.352. The van der Waals surface area contributed by atoms with Gasteiger partial charge >= 0.3 is 0 Å². The van der Waals surface area contributed by atoms with Crippen LogP contribution < -0.4 is 10.5 Å². The van der Waals surface area contributed by atoms with Crippen LogP contribution >= 0.6 is 0 Å². The van der Waals surface area contributed by atoms with Gasteiger partial charge in [0, 0.05) is 6.20 Å². The summed E-state index contributed by atoms with van der Waals surface area (Å²) in [6, 6.07) is 3.85. The van der Waals surface area contributed by atoms with E-state index in [0.29, 0.717) is 5.92 Å². The molecule has 0 spiro atoms. The molecule has 1 saturated carbocycles. The second-order valence-corrected chi connectivity index (χ2v) is 4.87. The summed E-state index contributed by atoms with van der Waals surface area (Å²) in [6.07, 6.45) is 9.54. The zero-order valence-corrected chi connectivity index (χ0v) is 10.6. The van der Waals surface area contributed by atoms with Gasteiger partial charge in [0.05, 0.1) is 18.8 Å². The maximum absolute atomic E-state index is 6.37. The minimum Gasteiger partial charge on any atom is -0.495 e. The van der Waals surface area contributed by atoms with Crippen molar-refractivity contribution in [3.8, 4) is 5.75 Å². The van der Waals surface area contributed by atoms with Gasteiger partial charge in [0.15, 0.2) is 0 Å². The summed E-state index contributed by atoms with van der Waals surface area (Å²) in [6.45, 7) is 0. The van der Waals surface area contributed by atoms with Crippen LogP contribution in [-0.2, 0) is 0 Å². The van der Waals surface area contributed by atoms with Gasteiger partial charge in [-0.2, -0.15) is 0 Å². The summed E-state index contributed by atoms with van der Waals surface area (Å²) in [4.78, 5) is 4.41. The number of ether oxygens (including phenoxy) is 1. The number of hydrogen-bond acceptors (Lipinski definition) is 3. The Morgan fingerprint density at radius 3 is 2.65 bits per heavy atom. The molecule has 2 rings (SSSR count). The minimum absolute atomic E-state index is 0.0178. The van der Waals surface area contributed by atoms with Crippen molar-refractivity contribution >= 4 is 0 Å². The molecule has 0 saturated heterocycles. The van der Waals surface area contributed by atoms with E-state index in [1.54, 1.807) is 13.3 Å². The Balaban J connectivity index is 2.14. The number of pyridine rings is 1. The predicted octanol–water partition coefficient (Wildman–Crippen LogP) is 3.06. The van der Waals surface area contributed by atoms with Crippen LogP contribution in [0.4, 0.5) is 0 Å². The van der Waals surface area contributed by atoms with Gasteiger partial charge in [0.1, 0.15) is 5.75 Å². The Morgan fingerprint density at radius 2 is 2.00 bits per heavy atom. The van der Waals surface area contributed by atoms with E-state index in [1.807, 2.05) is 12.1 Å². The molecule has 0 radical (unpaired) electrons. The molecule has 1 aliphatic carbocycles. The molecule has 1 unspecified atom stereocenters. The summed E-state index contributed by atoms with van der Waals surface area (Å²) >= 11 is 0. The highest BCUT2D eigenvalue weighted by molar-refractivity contribution is 5.29. The SMILES string of the molecule is COc1cccnc1C(N)C1CCCCCC1. The second-order valence-electron chi connectivity index (χ2n) is 4.87. The molecule has 17 heavy (non-hydrogen) atoms. The summed E-state index contributed by atoms with van der Waals surface area (Å²) in [5.74, 6) is 1.38. The van der Waals surface area contributed by atoms with Crippen molar-refractivity contribution < 1.29 is 4.74 Å². The Kier molecular flexibility index (Phi) is 4.37. The monoisotopic (exact) mass is 234 g/mol. The van der Waals surface area contributed by atoms with Gasteiger partial charge in [-0.25, -0.2) is 0 Å². The third-order valence-electron chi connectivity index (χ3n) is 3.74. The maximum Gasteiger partial charge on any atom is 0.141 e. The molecule has 2 N–H and O–H groups in total. The first-order valence-electron chi connectivity index (χ1n) is 6.57. The topological polar surface area (TPSA) is 48.1 Å². The molecule has 1 atom stereocenters. The van der Waals surface area contributed by atoms with E-state index in [1.165, 1.54) is 38.5 Å². The van der Waals surface area contributed by atoms with E-state index < -0.39 is 0 Å². The van der Waals surface area contributed by atoms with Crippen LogP contribution in [0.25, 0.3) is 0 Å². The van der Waals surface area contributed by atoms with Crippen LogP contribution in [0.1, 0.15) is 50.3 Å². The lowest BCUT2D eigenvalue weighted by atomic mass is 9.90. The standard InChI is InChI=1S/C14H22N2O/c1-17-12-9-6-10-16-14(12)13(15)11-7-4-2-3-5-8-11/h6,9-11,13H,2-5,7-8,15H2,1H3. The largest absolute Gasteiger partial charge is 0.495 e. The molecule has 1 aromatic heterocycles. The number of rotatable bonds is 3. The van der Waals surface area contributed by atoms with Gasteiger partial charge < -0.3 is 10.5 Å². The molecule has 1 heterocycles. The highest BCUT2D eigenvalue weighted by atomic mass is 16.5. The first-order valence-corrected chi connectivity index (χ1v) is 6.57. The van der Waals surface area contributed by atoms with Crippen molar-refractivity contribution in [1.82, 2.24) is 4.98 Å². The molecule has 3 nitrogen and oxygen atoms in total. The fourth-order valence-corrected chi connectivity index (χ4v) is 2.72. The highest BCUT2D eigenvalue weighted by Gasteiger charge is 2.24. The Morgan fingerprint density at radius 1 is 1.29 bits per heavy atom. The number of aromatic nitrogens is 1. The number of methoxy groups -OCH3 is 1. The van der Waals surface area contributed by atoms with Crippen LogP contribution in [0.3, 0.4) is 0 Å². The predicted molar refractivity (Wildman–Crippen MR) is 68.9 cm³/mol. The molecule has 0 amide bonds. The van der Waals surface area contributed by atoms with E-state index in [9.17, 15) is 0 Å². The van der Waals surface area contributed by atoms with E-state index in [-0.39, 0.29) is 6.04 Å². The molecule has 1 aromatic rings. The molecule has 0 aromatic carbocycles. The van der Waals surface area contributed by atoms with Crippen molar-refractivity contribution in [2.75, 3.05) is 7.11 Å². The average Bonchev–Trinajstić information content (AvgIpc) is 2.66. The van der Waals surface area contributed by atoms with Crippen LogP contribution in [-0.4, -0.2) is 12.1 Å². The van der Waals surface area contributed by atoms with E-state index in [4.69, 9.17) is 10.5 Å². The van der Waals surface area contributed by atoms with Crippen molar-refractivity contribution in [3.05, 3.63) is 24.0 Å². The Labute approximate surface area is 103 Å². The van der Waals surface area contributed by atoms with Crippen LogP contribution in [0.2, 0.25) is 0 Å². The van der Waals surface area contributed by atoms with Gasteiger partial charge in [-0.15, -0.1) is 0 Å². The smallest absolute Gasteiger partial charge is 0.141 e. The van der Waals surface area contributed by atoms with Crippen molar-refractivity contribution in [2.24, 2.45) is 11.7 Å². The van der Waals surface area contributed by atoms with Gasteiger partial charge in [-0.3, -0.25) is 4.98 Å². The zero-order valence-electron chi connectivity index (χ0n) is 10.6. The Bertz CT molecular complexity index is 346. The number of nitrogens with two attached hydrogens (primary N) is 1. The lowest BCUT2D eigenvalue weighted by Crippen LogP contribution is -2.22. The summed E-state index contributed by atoms with van der Waals surface area (Å²) in [5, 5.41) is 0. The van der Waals surface area contributed by atoms with Crippen molar-refractivity contribution in [1.29, 1.82) is 0 Å². The molecule has 0 aliphatic heterocycles. The van der Waals surface area contributed by atoms with Gasteiger partial charge in [-0.1, -0.05) is 25.7 Å². The molecule has 1 fully saturated rings. The fourth-order valence-electron chi connectivity index (χ4n) is 2.72. The third-order valence-corrected chi connectivity index (χ3v) is 3.74. The van der Waals surface area contributed by atoms with Crippen molar-refractivity contribution in [3.63, 3.8) is 0 Å². The molecule has 3 heteroatoms. The molecule has 1 aliphatic rings. The maximum atomic E-state index is 6.37. The first kappa shape index (κ1) is 12.4. The summed E-state index contributed by atoms with van der Waals surface area (Å²) in [7, 11) is 1.68. The third kappa shape index (κ3) is 2.97. The van der Waals surface area contributed by atoms with E-state index >= 15 is 0 Å². The van der Waals surface area contributed by atoms with Gasteiger partial charge in [-0.05, 0) is 30.9 Å². The Hall–Kier alpha value is -1.09. The van der Waals surface area contributed by atoms with Gasteiger partial charge in [0.25, 0.3) is 0 Å². The first-order chi connectivity index (χ1) is 8.33. The van der Waals surface area contributed by atoms with Crippen LogP contribution in [0.5, 0.6) is 5.75 Å². The summed E-state index contributed by atoms with van der Waals surface area (Å²) < 4.78 is 5.35. The van der Waals surface area contributed by atoms with Crippen LogP contribution in [0, 0.1) is 5.92 Å². The fraction of sp³-hybridized carbons (Fsp3) is 0.643. The molecule has 94 valence electrons. The molecular formula is C14H22N2O. The highest BCUT2D eigenvalue weighted by Crippen LogP contribution is 2.34. The van der Waals surface area contributed by atoms with E-state index in [2.05, 4.69) is 4.98 Å². The van der Waals surface area contributed by atoms with Crippen LogP contribution in [0.15, 0.2) is 18.3 Å². The lowest BCUT2D eigenvalue weighted by Gasteiger charge is -2.23. The minimum atomic E-state index is 0.0178. The van der Waals surface area contributed by atoms with Crippen molar-refractivity contribution in [2.45, 2.75) is 44.6 Å². The van der Waals surface area contributed by atoms with E-state index in [0.717, 1.165) is 11.4 Å². The quantitative estimate of drug-likeness (QED) is 0.818. The second kappa shape index (κ2) is 6.01. The number of hydrogen-bond donors (Lipinski definition) is 1. The van der Waals surface area contributed by atoms with Gasteiger partial charge in [0.2, 0.25) is 0 Å². The number of nitrogens with zero attached hydrogens (tertiary/aromatic N) is 1.